The number of pyridine rings is 1. The summed E-state index contributed by atoms with van der Waals surface area (Å²) in [6, 6.07) is 1.60. The average molecular weight is 196 g/mol. The summed E-state index contributed by atoms with van der Waals surface area (Å²) in [7, 11) is 0. The van der Waals surface area contributed by atoms with Gasteiger partial charge in [0.05, 0.1) is 19.3 Å². The number of hydrogen-bond donors (Lipinski definition) is 1. The van der Waals surface area contributed by atoms with Gasteiger partial charge in [-0.1, -0.05) is 0 Å². The van der Waals surface area contributed by atoms with Crippen LogP contribution in [0.25, 0.3) is 0 Å². The molecule has 2 heterocycles. The summed E-state index contributed by atoms with van der Waals surface area (Å²) in [5.74, 6) is -0.428. The Bertz CT molecular complexity index is 324. The minimum Gasteiger partial charge on any atom is -0.378 e. The van der Waals surface area contributed by atoms with Crippen LogP contribution in [-0.4, -0.2) is 24.7 Å². The van der Waals surface area contributed by atoms with Gasteiger partial charge in [-0.25, -0.2) is 4.98 Å². The molecule has 1 aliphatic heterocycles. The Hall–Kier alpha value is -1.00. The lowest BCUT2D eigenvalue weighted by molar-refractivity contribution is 0.0765. The molecule has 1 fully saturated rings. The summed E-state index contributed by atoms with van der Waals surface area (Å²) in [6.07, 6.45) is 1.58. The van der Waals surface area contributed by atoms with Crippen LogP contribution in [0.1, 0.15) is 17.2 Å². The van der Waals surface area contributed by atoms with Gasteiger partial charge in [-0.15, -0.1) is 0 Å². The van der Waals surface area contributed by atoms with Crippen molar-refractivity contribution in [3.8, 4) is 0 Å². The highest BCUT2D eigenvalue weighted by molar-refractivity contribution is 5.25. The van der Waals surface area contributed by atoms with Crippen LogP contribution in [0.4, 0.5) is 4.39 Å². The molecule has 0 aliphatic carbocycles. The Kier molecular flexibility index (Phi) is 2.74. The van der Waals surface area contributed by atoms with Crippen molar-refractivity contribution < 1.29 is 9.13 Å². The Morgan fingerprint density at radius 2 is 2.50 bits per heavy atom. The minimum absolute atomic E-state index is 0.150. The van der Waals surface area contributed by atoms with Gasteiger partial charge in [0.25, 0.3) is 0 Å². The fourth-order valence-electron chi connectivity index (χ4n) is 1.66. The van der Waals surface area contributed by atoms with Crippen LogP contribution in [0.3, 0.4) is 0 Å². The second-order valence-corrected chi connectivity index (χ2v) is 3.45. The third-order valence-corrected chi connectivity index (χ3v) is 2.41. The summed E-state index contributed by atoms with van der Waals surface area (Å²) in [6.45, 7) is 4.09. The van der Waals surface area contributed by atoms with E-state index in [1.54, 1.807) is 6.20 Å². The van der Waals surface area contributed by atoms with E-state index in [1.807, 2.05) is 6.92 Å². The van der Waals surface area contributed by atoms with Crippen molar-refractivity contribution in [1.82, 2.24) is 10.3 Å². The van der Waals surface area contributed by atoms with Crippen LogP contribution in [0.5, 0.6) is 0 Å². The van der Waals surface area contributed by atoms with E-state index >= 15 is 0 Å². The smallest absolute Gasteiger partial charge is 0.213 e. The molecule has 0 spiro atoms. The Labute approximate surface area is 82.3 Å². The monoisotopic (exact) mass is 196 g/mol. The van der Waals surface area contributed by atoms with E-state index in [4.69, 9.17) is 4.74 Å². The number of ether oxygens (including phenoxy) is 1. The van der Waals surface area contributed by atoms with Crippen molar-refractivity contribution in [3.05, 3.63) is 29.3 Å². The van der Waals surface area contributed by atoms with Crippen LogP contribution in [0.15, 0.2) is 12.3 Å². The van der Waals surface area contributed by atoms with Crippen molar-refractivity contribution in [2.24, 2.45) is 0 Å². The molecule has 1 N–H and O–H groups in total. The van der Waals surface area contributed by atoms with Crippen LogP contribution in [0.2, 0.25) is 0 Å². The van der Waals surface area contributed by atoms with Crippen LogP contribution < -0.4 is 5.32 Å². The van der Waals surface area contributed by atoms with Gasteiger partial charge in [-0.3, -0.25) is 0 Å². The topological polar surface area (TPSA) is 34.1 Å². The zero-order valence-corrected chi connectivity index (χ0v) is 8.09. The van der Waals surface area contributed by atoms with Crippen LogP contribution >= 0.6 is 0 Å². The van der Waals surface area contributed by atoms with E-state index in [0.717, 1.165) is 24.3 Å². The Morgan fingerprint density at radius 3 is 3.14 bits per heavy atom. The first-order chi connectivity index (χ1) is 6.77. The van der Waals surface area contributed by atoms with E-state index < -0.39 is 5.95 Å². The molecule has 1 atom stereocenters. The average Bonchev–Trinajstić information content (AvgIpc) is 2.19. The van der Waals surface area contributed by atoms with Gasteiger partial charge in [-0.2, -0.15) is 4.39 Å². The number of rotatable bonds is 1. The molecule has 2 rings (SSSR count). The van der Waals surface area contributed by atoms with Gasteiger partial charge >= 0.3 is 0 Å². The maximum atomic E-state index is 12.8. The van der Waals surface area contributed by atoms with E-state index in [-0.39, 0.29) is 6.04 Å². The molecule has 1 saturated heterocycles. The lowest BCUT2D eigenvalue weighted by Gasteiger charge is -2.25. The largest absolute Gasteiger partial charge is 0.378 e. The SMILES string of the molecule is Cc1cc(F)ncc1[C@@H]1COCCN1. The second-order valence-electron chi connectivity index (χ2n) is 3.45. The molecule has 4 heteroatoms. The number of aromatic nitrogens is 1. The normalized spacial score (nSPS) is 22.3. The number of morpholine rings is 1. The van der Waals surface area contributed by atoms with Gasteiger partial charge in [-0.05, 0) is 24.1 Å². The van der Waals surface area contributed by atoms with Crippen molar-refractivity contribution in [2.45, 2.75) is 13.0 Å². The molecule has 14 heavy (non-hydrogen) atoms. The fourth-order valence-corrected chi connectivity index (χ4v) is 1.66. The van der Waals surface area contributed by atoms with Gasteiger partial charge in [0.15, 0.2) is 0 Å². The molecule has 1 aromatic heterocycles. The first kappa shape index (κ1) is 9.55. The van der Waals surface area contributed by atoms with Crippen LogP contribution in [0, 0.1) is 12.9 Å². The van der Waals surface area contributed by atoms with E-state index in [1.165, 1.54) is 6.07 Å². The van der Waals surface area contributed by atoms with Crippen molar-refractivity contribution in [2.75, 3.05) is 19.8 Å². The van der Waals surface area contributed by atoms with Crippen molar-refractivity contribution in [1.29, 1.82) is 0 Å². The van der Waals surface area contributed by atoms with Gasteiger partial charge < -0.3 is 10.1 Å². The molecular weight excluding hydrogens is 183 g/mol. The third kappa shape index (κ3) is 1.91. The summed E-state index contributed by atoms with van der Waals surface area (Å²) in [5, 5.41) is 3.31. The summed E-state index contributed by atoms with van der Waals surface area (Å²) >= 11 is 0. The molecule has 0 radical (unpaired) electrons. The maximum absolute atomic E-state index is 12.8. The first-order valence-electron chi connectivity index (χ1n) is 4.70. The highest BCUT2D eigenvalue weighted by Crippen LogP contribution is 2.18. The molecule has 0 saturated carbocycles. The molecule has 1 aromatic rings. The summed E-state index contributed by atoms with van der Waals surface area (Å²) in [4.78, 5) is 3.65. The maximum Gasteiger partial charge on any atom is 0.213 e. The number of halogens is 1. The highest BCUT2D eigenvalue weighted by Gasteiger charge is 2.17. The number of aryl methyl sites for hydroxylation is 1. The zero-order valence-electron chi connectivity index (χ0n) is 8.09. The third-order valence-electron chi connectivity index (χ3n) is 2.41. The predicted octanol–water partition coefficient (Wildman–Crippen LogP) is 1.19. The van der Waals surface area contributed by atoms with Crippen molar-refractivity contribution >= 4 is 0 Å². The predicted molar refractivity (Wildman–Crippen MR) is 50.5 cm³/mol. The molecule has 0 amide bonds. The van der Waals surface area contributed by atoms with Crippen LogP contribution in [-0.2, 0) is 4.74 Å². The standard InChI is InChI=1S/C10H13FN2O/c1-7-4-10(11)13-5-8(7)9-6-14-3-2-12-9/h4-5,9,12H,2-3,6H2,1H3/t9-/m0/s1. The van der Waals surface area contributed by atoms with E-state index in [9.17, 15) is 4.39 Å². The number of hydrogen-bond acceptors (Lipinski definition) is 3. The molecule has 3 nitrogen and oxygen atoms in total. The molecule has 76 valence electrons. The number of nitrogens with one attached hydrogen (secondary N) is 1. The zero-order chi connectivity index (χ0) is 9.97. The first-order valence-corrected chi connectivity index (χ1v) is 4.70. The lowest BCUT2D eigenvalue weighted by atomic mass is 10.0. The van der Waals surface area contributed by atoms with E-state index in [2.05, 4.69) is 10.3 Å². The fraction of sp³-hybridized carbons (Fsp3) is 0.500. The Balaban J connectivity index is 2.22. The summed E-state index contributed by atoms with van der Waals surface area (Å²) < 4.78 is 18.1. The molecule has 0 unspecified atom stereocenters. The van der Waals surface area contributed by atoms with E-state index in [0.29, 0.717) is 6.61 Å². The molecular formula is C10H13FN2O. The number of nitrogens with zero attached hydrogens (tertiary/aromatic N) is 1. The van der Waals surface area contributed by atoms with Crippen molar-refractivity contribution in [3.63, 3.8) is 0 Å². The lowest BCUT2D eigenvalue weighted by Crippen LogP contribution is -2.35. The minimum atomic E-state index is -0.428. The molecule has 0 aromatic carbocycles. The van der Waals surface area contributed by atoms with Gasteiger partial charge in [0.1, 0.15) is 0 Å². The van der Waals surface area contributed by atoms with Gasteiger partial charge in [0, 0.05) is 12.7 Å². The van der Waals surface area contributed by atoms with Gasteiger partial charge in [0.2, 0.25) is 5.95 Å². The second kappa shape index (κ2) is 4.02. The molecule has 0 bridgehead atoms. The Morgan fingerprint density at radius 1 is 1.64 bits per heavy atom. The highest BCUT2D eigenvalue weighted by atomic mass is 19.1. The summed E-state index contributed by atoms with van der Waals surface area (Å²) in [5.41, 5.74) is 1.94. The quantitative estimate of drug-likeness (QED) is 0.685. The molecule has 1 aliphatic rings.